The van der Waals surface area contributed by atoms with Crippen molar-refractivity contribution in [2.75, 3.05) is 5.32 Å². The molecular weight excluding hydrogens is 472 g/mol. The fourth-order valence-electron chi connectivity index (χ4n) is 3.52. The first-order valence-corrected chi connectivity index (χ1v) is 11.5. The first kappa shape index (κ1) is 26.2. The number of aliphatic carboxylic acids is 1. The quantitative estimate of drug-likeness (QED) is 0.412. The number of hydrogen-bond acceptors (Lipinski definition) is 6. The molecule has 0 aliphatic rings. The van der Waals surface area contributed by atoms with Crippen molar-refractivity contribution in [1.82, 2.24) is 14.1 Å². The Balaban J connectivity index is 2.05. The number of aromatic nitrogens is 3. The van der Waals surface area contributed by atoms with Crippen LogP contribution in [0, 0.1) is 12.8 Å². The summed E-state index contributed by atoms with van der Waals surface area (Å²) in [6.07, 6.45) is 0.348. The van der Waals surface area contributed by atoms with E-state index in [4.69, 9.17) is 11.6 Å². The molecule has 1 unspecified atom stereocenters. The Morgan fingerprint density at radius 1 is 1.14 bits per heavy atom. The number of anilines is 2. The van der Waals surface area contributed by atoms with Gasteiger partial charge in [-0.3, -0.25) is 9.36 Å². The molecule has 0 saturated heterocycles. The number of nitrogens with zero attached hydrogens (tertiary/aromatic N) is 3. The van der Waals surface area contributed by atoms with E-state index in [1.807, 2.05) is 31.2 Å². The second-order valence-corrected chi connectivity index (χ2v) is 9.75. The van der Waals surface area contributed by atoms with Gasteiger partial charge in [-0.2, -0.15) is 4.98 Å². The average molecular weight is 501 g/mol. The first-order valence-electron chi connectivity index (χ1n) is 11.1. The van der Waals surface area contributed by atoms with Crippen molar-refractivity contribution in [3.8, 4) is 0 Å². The van der Waals surface area contributed by atoms with Gasteiger partial charge in [-0.1, -0.05) is 54.4 Å². The highest BCUT2D eigenvalue weighted by atomic mass is 35.5. The normalized spacial score (nSPS) is 12.4. The van der Waals surface area contributed by atoms with Crippen molar-refractivity contribution in [1.29, 1.82) is 0 Å². The van der Waals surface area contributed by atoms with Crippen LogP contribution in [0.4, 0.5) is 11.6 Å². The SMILES string of the molecule is Cc1ccc(Cn2c(Nc3ccc(CC(C)(C)O)c(Cl)c3)nc(=O)n(CC(C)C(=O)O)c2=O)cc1. The molecule has 3 rings (SSSR count). The van der Waals surface area contributed by atoms with Crippen molar-refractivity contribution in [2.24, 2.45) is 5.92 Å². The molecule has 9 nitrogen and oxygen atoms in total. The van der Waals surface area contributed by atoms with E-state index in [1.165, 1.54) is 11.5 Å². The van der Waals surface area contributed by atoms with Gasteiger partial charge < -0.3 is 15.5 Å². The molecule has 1 aromatic heterocycles. The molecule has 0 fully saturated rings. The van der Waals surface area contributed by atoms with Crippen molar-refractivity contribution >= 4 is 29.2 Å². The van der Waals surface area contributed by atoms with E-state index in [0.717, 1.165) is 21.3 Å². The van der Waals surface area contributed by atoms with E-state index in [2.05, 4.69) is 10.3 Å². The molecule has 3 N–H and O–H groups in total. The van der Waals surface area contributed by atoms with Gasteiger partial charge in [-0.25, -0.2) is 14.2 Å². The van der Waals surface area contributed by atoms with Crippen LogP contribution in [-0.4, -0.2) is 35.9 Å². The summed E-state index contributed by atoms with van der Waals surface area (Å²) in [6, 6.07) is 12.6. The minimum atomic E-state index is -1.12. The van der Waals surface area contributed by atoms with Gasteiger partial charge in [-0.05, 0) is 44.0 Å². The Bertz CT molecular complexity index is 1340. The van der Waals surface area contributed by atoms with Crippen LogP contribution in [0.5, 0.6) is 0 Å². The number of hydrogen-bond donors (Lipinski definition) is 3. The van der Waals surface area contributed by atoms with Crippen LogP contribution < -0.4 is 16.7 Å². The zero-order valence-electron chi connectivity index (χ0n) is 20.1. The lowest BCUT2D eigenvalue weighted by atomic mass is 9.98. The second kappa shape index (κ2) is 10.5. The predicted molar refractivity (Wildman–Crippen MR) is 135 cm³/mol. The van der Waals surface area contributed by atoms with Crippen molar-refractivity contribution in [3.63, 3.8) is 0 Å². The highest BCUT2D eigenvalue weighted by Gasteiger charge is 2.20. The predicted octanol–water partition coefficient (Wildman–Crippen LogP) is 3.19. The number of rotatable bonds is 9. The van der Waals surface area contributed by atoms with Crippen LogP contribution in [0.25, 0.3) is 0 Å². The van der Waals surface area contributed by atoms with Crippen molar-refractivity contribution in [2.45, 2.75) is 52.8 Å². The van der Waals surface area contributed by atoms with E-state index < -0.39 is 28.9 Å². The molecule has 2 aromatic carbocycles. The summed E-state index contributed by atoms with van der Waals surface area (Å²) in [4.78, 5) is 41.3. The number of benzene rings is 2. The number of halogens is 1. The lowest BCUT2D eigenvalue weighted by Crippen LogP contribution is -2.44. The van der Waals surface area contributed by atoms with Crippen LogP contribution >= 0.6 is 11.6 Å². The van der Waals surface area contributed by atoms with Gasteiger partial charge in [0.05, 0.1) is 18.1 Å². The molecular formula is C25H29ClN4O5. The number of carboxylic acid groups (broad SMARTS) is 1. The number of nitrogens with one attached hydrogen (secondary N) is 1. The first-order chi connectivity index (χ1) is 16.3. The molecule has 0 amide bonds. The van der Waals surface area contributed by atoms with Crippen LogP contribution in [0.15, 0.2) is 52.1 Å². The van der Waals surface area contributed by atoms with Crippen LogP contribution in [0.3, 0.4) is 0 Å². The van der Waals surface area contributed by atoms with E-state index in [0.29, 0.717) is 17.1 Å². The molecule has 0 radical (unpaired) electrons. The number of aliphatic hydroxyl groups is 1. The summed E-state index contributed by atoms with van der Waals surface area (Å²) in [5.74, 6) is -2.06. The minimum Gasteiger partial charge on any atom is -0.481 e. The Morgan fingerprint density at radius 2 is 1.80 bits per heavy atom. The van der Waals surface area contributed by atoms with Crippen molar-refractivity contribution < 1.29 is 15.0 Å². The summed E-state index contributed by atoms with van der Waals surface area (Å²) in [6.45, 7) is 6.55. The van der Waals surface area contributed by atoms with Crippen LogP contribution in [-0.2, 0) is 24.3 Å². The van der Waals surface area contributed by atoms with E-state index >= 15 is 0 Å². The Morgan fingerprint density at radius 3 is 2.37 bits per heavy atom. The zero-order valence-corrected chi connectivity index (χ0v) is 20.8. The molecule has 0 saturated carbocycles. The topological polar surface area (TPSA) is 126 Å². The summed E-state index contributed by atoms with van der Waals surface area (Å²) in [5, 5.41) is 22.7. The van der Waals surface area contributed by atoms with Gasteiger partial charge in [0.25, 0.3) is 0 Å². The van der Waals surface area contributed by atoms with Gasteiger partial charge in [0.15, 0.2) is 0 Å². The molecule has 0 bridgehead atoms. The molecule has 0 aliphatic carbocycles. The van der Waals surface area contributed by atoms with Crippen LogP contribution in [0.2, 0.25) is 5.02 Å². The monoisotopic (exact) mass is 500 g/mol. The summed E-state index contributed by atoms with van der Waals surface area (Å²) in [7, 11) is 0. The molecule has 186 valence electrons. The summed E-state index contributed by atoms with van der Waals surface area (Å²) >= 11 is 6.40. The minimum absolute atomic E-state index is 0.00566. The molecule has 3 aromatic rings. The smallest absolute Gasteiger partial charge is 0.354 e. The highest BCUT2D eigenvalue weighted by molar-refractivity contribution is 6.31. The van der Waals surface area contributed by atoms with E-state index in [9.17, 15) is 24.6 Å². The van der Waals surface area contributed by atoms with Gasteiger partial charge >= 0.3 is 17.3 Å². The lowest BCUT2D eigenvalue weighted by Gasteiger charge is -2.19. The second-order valence-electron chi connectivity index (χ2n) is 9.34. The maximum absolute atomic E-state index is 13.3. The highest BCUT2D eigenvalue weighted by Crippen LogP contribution is 2.26. The molecule has 0 spiro atoms. The Kier molecular flexibility index (Phi) is 7.82. The molecule has 1 atom stereocenters. The van der Waals surface area contributed by atoms with Crippen molar-refractivity contribution in [3.05, 3.63) is 85.1 Å². The maximum atomic E-state index is 13.3. The number of carboxylic acids is 1. The largest absolute Gasteiger partial charge is 0.481 e. The lowest BCUT2D eigenvalue weighted by molar-refractivity contribution is -0.141. The average Bonchev–Trinajstić information content (AvgIpc) is 2.76. The summed E-state index contributed by atoms with van der Waals surface area (Å²) in [5.41, 5.74) is 0.632. The van der Waals surface area contributed by atoms with Gasteiger partial charge in [0.2, 0.25) is 5.95 Å². The third kappa shape index (κ3) is 6.80. The standard InChI is InChI=1S/C25H29ClN4O5/c1-15-5-7-17(8-6-15)14-29-22(28-23(33)30(24(29)34)13-16(2)21(31)32)27-19-10-9-18(20(26)11-19)12-25(3,4)35/h5-11,16,35H,12-14H2,1-4H3,(H,31,32)(H,27,28,33). The van der Waals surface area contributed by atoms with E-state index in [1.54, 1.807) is 32.0 Å². The molecule has 10 heteroatoms. The third-order valence-corrected chi connectivity index (χ3v) is 5.77. The number of aryl methyl sites for hydroxylation is 1. The fraction of sp³-hybridized carbons (Fsp3) is 0.360. The van der Waals surface area contributed by atoms with Gasteiger partial charge in [0.1, 0.15) is 0 Å². The molecule has 35 heavy (non-hydrogen) atoms. The molecule has 1 heterocycles. The zero-order chi connectivity index (χ0) is 25.9. The molecule has 0 aliphatic heterocycles. The Labute approximate surface area is 207 Å². The maximum Gasteiger partial charge on any atom is 0.354 e. The van der Waals surface area contributed by atoms with Gasteiger partial charge in [-0.15, -0.1) is 0 Å². The van der Waals surface area contributed by atoms with Crippen LogP contribution in [0.1, 0.15) is 37.5 Å². The fourth-order valence-corrected chi connectivity index (χ4v) is 3.76. The Hall–Kier alpha value is -3.43. The van der Waals surface area contributed by atoms with Gasteiger partial charge in [0, 0.05) is 23.7 Å². The number of carbonyl (C=O) groups is 1. The van der Waals surface area contributed by atoms with E-state index in [-0.39, 0.29) is 19.0 Å². The third-order valence-electron chi connectivity index (χ3n) is 5.42. The summed E-state index contributed by atoms with van der Waals surface area (Å²) < 4.78 is 2.12.